The topological polar surface area (TPSA) is 108 Å². The fourth-order valence-corrected chi connectivity index (χ4v) is 4.60. The first-order valence-corrected chi connectivity index (χ1v) is 10.7. The molecule has 180 valence electrons. The number of aliphatic hydroxyl groups is 1. The van der Waals surface area contributed by atoms with Crippen molar-refractivity contribution < 1.29 is 38.4 Å². The first-order chi connectivity index (χ1) is 16.3. The van der Waals surface area contributed by atoms with Crippen molar-refractivity contribution in [3.63, 3.8) is 0 Å². The molecule has 4 atom stereocenters. The Bertz CT molecular complexity index is 1060. The van der Waals surface area contributed by atoms with Crippen molar-refractivity contribution in [3.8, 4) is 11.5 Å². The summed E-state index contributed by atoms with van der Waals surface area (Å²) in [5.41, 5.74) is -1.13. The molecular formula is C26H28O8. The minimum absolute atomic E-state index is 0.237. The summed E-state index contributed by atoms with van der Waals surface area (Å²) in [5.74, 6) is -5.07. The lowest BCUT2D eigenvalue weighted by molar-refractivity contribution is -0.174. The van der Waals surface area contributed by atoms with Crippen LogP contribution in [-0.4, -0.2) is 50.8 Å². The van der Waals surface area contributed by atoms with Crippen molar-refractivity contribution in [1.82, 2.24) is 0 Å². The number of esters is 2. The molecule has 1 aliphatic rings. The summed E-state index contributed by atoms with van der Waals surface area (Å²) >= 11 is 0. The second kappa shape index (κ2) is 10.5. The smallest absolute Gasteiger partial charge is 0.316 e. The average molecular weight is 469 g/mol. The van der Waals surface area contributed by atoms with Crippen LogP contribution in [0, 0.1) is 11.8 Å². The van der Waals surface area contributed by atoms with Crippen LogP contribution >= 0.6 is 0 Å². The molecule has 1 saturated carbocycles. The summed E-state index contributed by atoms with van der Waals surface area (Å²) < 4.78 is 21.0. The lowest BCUT2D eigenvalue weighted by atomic mass is 9.59. The summed E-state index contributed by atoms with van der Waals surface area (Å²) in [6.45, 7) is 3.86. The molecule has 0 aromatic heterocycles. The fourth-order valence-electron chi connectivity index (χ4n) is 4.60. The summed E-state index contributed by atoms with van der Waals surface area (Å²) in [6.07, 6.45) is 1.12. The van der Waals surface area contributed by atoms with Gasteiger partial charge in [0.1, 0.15) is 18.1 Å². The van der Waals surface area contributed by atoms with Gasteiger partial charge in [0.15, 0.2) is 17.3 Å². The maximum atomic E-state index is 13.3. The van der Waals surface area contributed by atoms with E-state index in [0.717, 1.165) is 0 Å². The zero-order valence-electron chi connectivity index (χ0n) is 19.4. The van der Waals surface area contributed by atoms with Crippen LogP contribution in [0.25, 0.3) is 0 Å². The molecule has 34 heavy (non-hydrogen) atoms. The van der Waals surface area contributed by atoms with Crippen LogP contribution in [0.3, 0.4) is 0 Å². The molecule has 1 aliphatic carbocycles. The van der Waals surface area contributed by atoms with Gasteiger partial charge in [-0.25, -0.2) is 0 Å². The Hall–Kier alpha value is -3.65. The van der Waals surface area contributed by atoms with Crippen LogP contribution in [0.15, 0.2) is 61.2 Å². The normalized spacial score (nSPS) is 24.1. The van der Waals surface area contributed by atoms with E-state index in [1.54, 1.807) is 54.6 Å². The van der Waals surface area contributed by atoms with Crippen LogP contribution in [0.2, 0.25) is 0 Å². The third kappa shape index (κ3) is 4.54. The third-order valence-corrected chi connectivity index (χ3v) is 6.14. The van der Waals surface area contributed by atoms with E-state index in [4.69, 9.17) is 18.9 Å². The zero-order valence-corrected chi connectivity index (χ0v) is 19.4. The Morgan fingerprint density at radius 1 is 1.06 bits per heavy atom. The van der Waals surface area contributed by atoms with Crippen LogP contribution in [0.1, 0.15) is 23.5 Å². The molecule has 3 rings (SSSR count). The average Bonchev–Trinajstić information content (AvgIpc) is 2.86. The van der Waals surface area contributed by atoms with E-state index in [9.17, 15) is 19.5 Å². The van der Waals surface area contributed by atoms with Gasteiger partial charge in [-0.1, -0.05) is 49.1 Å². The first-order valence-electron chi connectivity index (χ1n) is 10.7. The van der Waals surface area contributed by atoms with E-state index in [1.165, 1.54) is 21.3 Å². The monoisotopic (exact) mass is 468 g/mol. The Kier molecular flexibility index (Phi) is 7.73. The van der Waals surface area contributed by atoms with Gasteiger partial charge in [0.05, 0.1) is 27.2 Å². The SMILES string of the molecule is C=CCOc1ccc([C@H]2[C@H](C(=O)OC)C(=O)C[C@](O)(c3ccccc3)[C@@H]2C(=O)OC)cc1OC. The number of rotatable bonds is 8. The van der Waals surface area contributed by atoms with Crippen molar-refractivity contribution in [2.24, 2.45) is 11.8 Å². The van der Waals surface area contributed by atoms with Crippen molar-refractivity contribution in [2.75, 3.05) is 27.9 Å². The van der Waals surface area contributed by atoms with E-state index < -0.39 is 47.5 Å². The number of ketones is 1. The van der Waals surface area contributed by atoms with Crippen LogP contribution in [-0.2, 0) is 29.5 Å². The predicted molar refractivity (Wildman–Crippen MR) is 122 cm³/mol. The van der Waals surface area contributed by atoms with Crippen molar-refractivity contribution in [2.45, 2.75) is 17.9 Å². The Balaban J connectivity index is 2.24. The molecule has 2 aromatic carbocycles. The quantitative estimate of drug-likeness (QED) is 0.358. The van der Waals surface area contributed by atoms with Gasteiger partial charge in [0.25, 0.3) is 0 Å². The van der Waals surface area contributed by atoms with Crippen molar-refractivity contribution >= 4 is 17.7 Å². The maximum absolute atomic E-state index is 13.3. The molecule has 0 saturated heterocycles. The highest BCUT2D eigenvalue weighted by Crippen LogP contribution is 2.52. The molecule has 8 heteroatoms. The van der Waals surface area contributed by atoms with Gasteiger partial charge in [-0.05, 0) is 23.3 Å². The summed E-state index contributed by atoms with van der Waals surface area (Å²) in [6, 6.07) is 13.2. The van der Waals surface area contributed by atoms with Gasteiger partial charge in [0, 0.05) is 12.3 Å². The summed E-state index contributed by atoms with van der Waals surface area (Å²) in [5, 5.41) is 11.8. The Morgan fingerprint density at radius 2 is 1.74 bits per heavy atom. The molecule has 1 fully saturated rings. The number of benzene rings is 2. The molecule has 2 aromatic rings. The van der Waals surface area contributed by atoms with Gasteiger partial charge in [0.2, 0.25) is 0 Å². The molecule has 1 N–H and O–H groups in total. The van der Waals surface area contributed by atoms with Gasteiger partial charge in [-0.3, -0.25) is 14.4 Å². The molecule has 0 heterocycles. The number of Topliss-reactive ketones (excluding diaryl/α,β-unsaturated/α-hetero) is 1. The van der Waals surface area contributed by atoms with Gasteiger partial charge in [-0.2, -0.15) is 0 Å². The highest BCUT2D eigenvalue weighted by molar-refractivity contribution is 6.03. The maximum Gasteiger partial charge on any atom is 0.316 e. The zero-order chi connectivity index (χ0) is 24.9. The summed E-state index contributed by atoms with van der Waals surface area (Å²) in [4.78, 5) is 39.2. The van der Waals surface area contributed by atoms with Gasteiger partial charge in [-0.15, -0.1) is 0 Å². The number of carbonyl (C=O) groups excluding carboxylic acids is 3. The first kappa shape index (κ1) is 25.0. The van der Waals surface area contributed by atoms with E-state index in [1.807, 2.05) is 0 Å². The largest absolute Gasteiger partial charge is 0.493 e. The van der Waals surface area contributed by atoms with Gasteiger partial charge < -0.3 is 24.1 Å². The van der Waals surface area contributed by atoms with E-state index >= 15 is 0 Å². The number of hydrogen-bond donors (Lipinski definition) is 1. The highest BCUT2D eigenvalue weighted by Gasteiger charge is 2.59. The van der Waals surface area contributed by atoms with Crippen LogP contribution < -0.4 is 9.47 Å². The molecular weight excluding hydrogens is 440 g/mol. The Morgan fingerprint density at radius 3 is 2.32 bits per heavy atom. The van der Waals surface area contributed by atoms with E-state index in [-0.39, 0.29) is 6.61 Å². The molecule has 0 radical (unpaired) electrons. The van der Waals surface area contributed by atoms with Crippen LogP contribution in [0.5, 0.6) is 11.5 Å². The molecule has 0 spiro atoms. The summed E-state index contributed by atoms with van der Waals surface area (Å²) in [7, 11) is 3.81. The lowest BCUT2D eigenvalue weighted by Gasteiger charge is -2.45. The molecule has 0 amide bonds. The highest BCUT2D eigenvalue weighted by atomic mass is 16.5. The second-order valence-electron chi connectivity index (χ2n) is 7.97. The van der Waals surface area contributed by atoms with Gasteiger partial charge >= 0.3 is 11.9 Å². The number of hydrogen-bond acceptors (Lipinski definition) is 8. The number of methoxy groups -OCH3 is 3. The van der Waals surface area contributed by atoms with E-state index in [2.05, 4.69) is 6.58 Å². The third-order valence-electron chi connectivity index (χ3n) is 6.14. The van der Waals surface area contributed by atoms with Crippen LogP contribution in [0.4, 0.5) is 0 Å². The molecule has 8 nitrogen and oxygen atoms in total. The van der Waals surface area contributed by atoms with Crippen molar-refractivity contribution in [1.29, 1.82) is 0 Å². The lowest BCUT2D eigenvalue weighted by Crippen LogP contribution is -2.54. The standard InChI is InChI=1S/C26H28O8/c1-5-13-34-19-12-11-16(14-20(19)31-2)21-22(24(28)32-3)18(27)15-26(30,23(21)25(29)33-4)17-9-7-6-8-10-17/h5-12,14,21-23,30H,1,13,15H2,2-4H3/t21-,22+,23-,26-/m0/s1. The second-order valence-corrected chi connectivity index (χ2v) is 7.97. The minimum Gasteiger partial charge on any atom is -0.493 e. The Labute approximate surface area is 198 Å². The number of carbonyl (C=O) groups is 3. The predicted octanol–water partition coefficient (Wildman–Crippen LogP) is 2.78. The molecule has 0 aliphatic heterocycles. The fraction of sp³-hybridized carbons (Fsp3) is 0.346. The molecule has 0 bridgehead atoms. The van der Waals surface area contributed by atoms with E-state index in [0.29, 0.717) is 22.6 Å². The van der Waals surface area contributed by atoms with Crippen molar-refractivity contribution in [3.05, 3.63) is 72.3 Å². The number of ether oxygens (including phenoxy) is 4. The minimum atomic E-state index is -1.91. The molecule has 0 unspecified atom stereocenters.